The van der Waals surface area contributed by atoms with Crippen molar-refractivity contribution in [1.82, 2.24) is 9.88 Å². The van der Waals surface area contributed by atoms with Gasteiger partial charge < -0.3 is 4.90 Å². The van der Waals surface area contributed by atoms with Crippen molar-refractivity contribution >= 4 is 28.7 Å². The number of fused-ring (bicyclic) bond motifs is 1. The second kappa shape index (κ2) is 9.24. The van der Waals surface area contributed by atoms with E-state index in [-0.39, 0.29) is 35.9 Å². The molecule has 0 unspecified atom stereocenters. The normalized spacial score (nSPS) is 16.7. The van der Waals surface area contributed by atoms with Crippen LogP contribution >= 0.6 is 0 Å². The molecule has 2 aromatic rings. The van der Waals surface area contributed by atoms with Crippen molar-refractivity contribution in [2.75, 3.05) is 31.1 Å². The van der Waals surface area contributed by atoms with Crippen LogP contribution in [-0.2, 0) is 17.8 Å². The number of piperazine rings is 1. The second-order valence-corrected chi connectivity index (χ2v) is 8.13. The molecule has 0 spiro atoms. The Morgan fingerprint density at radius 2 is 1.84 bits per heavy atom. The third kappa shape index (κ3) is 4.46. The summed E-state index contributed by atoms with van der Waals surface area (Å²) in [4.78, 5) is 36.0. The fraction of sp³-hybridized carbons (Fsp3) is 0.417. The lowest BCUT2D eigenvalue weighted by molar-refractivity contribution is -0.112. The largest absolute Gasteiger partial charge is 0.365 e. The number of nitrogens with zero attached hydrogens (tertiary/aromatic N) is 4. The van der Waals surface area contributed by atoms with E-state index in [1.165, 1.54) is 6.07 Å². The van der Waals surface area contributed by atoms with Gasteiger partial charge in [0, 0.05) is 57.2 Å². The van der Waals surface area contributed by atoms with Crippen LogP contribution in [0.25, 0.3) is 0 Å². The third-order valence-corrected chi connectivity index (χ3v) is 6.05. The van der Waals surface area contributed by atoms with Gasteiger partial charge in [-0.25, -0.2) is 14.4 Å². The van der Waals surface area contributed by atoms with Crippen LogP contribution < -0.4 is 4.90 Å². The Morgan fingerprint density at radius 1 is 1.09 bits per heavy atom. The molecule has 1 fully saturated rings. The lowest BCUT2D eigenvalue weighted by Gasteiger charge is -2.36. The number of Topliss-reactive ketones (excluding diaryl/α,β-unsaturated/α-hetero) is 2. The highest BCUT2D eigenvalue weighted by Gasteiger charge is 2.24. The molecule has 8 heteroatoms. The maximum absolute atomic E-state index is 14.7. The van der Waals surface area contributed by atoms with Crippen LogP contribution in [0.2, 0.25) is 0 Å². The first kappa shape index (κ1) is 22.2. The zero-order valence-electron chi connectivity index (χ0n) is 18.3. The van der Waals surface area contributed by atoms with Gasteiger partial charge in [-0.2, -0.15) is 4.39 Å². The first-order chi connectivity index (χ1) is 15.4. The molecule has 1 aromatic carbocycles. The van der Waals surface area contributed by atoms with Crippen LogP contribution in [0.1, 0.15) is 48.3 Å². The molecule has 0 radical (unpaired) electrons. The highest BCUT2D eigenvalue weighted by atomic mass is 19.1. The maximum Gasteiger partial charge on any atom is 0.237 e. The summed E-state index contributed by atoms with van der Waals surface area (Å²) in [6.07, 6.45) is 1.08. The molecule has 0 amide bonds. The summed E-state index contributed by atoms with van der Waals surface area (Å²) in [5, 5.41) is 0. The highest BCUT2D eigenvalue weighted by molar-refractivity contribution is 6.41. The molecule has 1 aromatic heterocycles. The molecule has 4 rings (SSSR count). The molecule has 0 bridgehead atoms. The molecular weight excluding hydrogens is 414 g/mol. The minimum Gasteiger partial charge on any atom is -0.365 e. The van der Waals surface area contributed by atoms with Gasteiger partial charge in [0.2, 0.25) is 5.95 Å². The first-order valence-electron chi connectivity index (χ1n) is 11.0. The van der Waals surface area contributed by atoms with E-state index in [0.29, 0.717) is 61.8 Å². The topological polar surface area (TPSA) is 65.9 Å². The van der Waals surface area contributed by atoms with Crippen LogP contribution in [0.4, 0.5) is 20.2 Å². The van der Waals surface area contributed by atoms with Crippen molar-refractivity contribution in [3.05, 3.63) is 52.9 Å². The Hall–Kier alpha value is -3.00. The van der Waals surface area contributed by atoms with E-state index in [1.807, 2.05) is 11.8 Å². The van der Waals surface area contributed by atoms with Crippen molar-refractivity contribution in [1.29, 1.82) is 0 Å². The molecule has 0 atom stereocenters. The molecule has 168 valence electrons. The Morgan fingerprint density at radius 3 is 2.50 bits per heavy atom. The molecule has 2 aliphatic rings. The third-order valence-electron chi connectivity index (χ3n) is 6.05. The lowest BCUT2D eigenvalue weighted by Crippen LogP contribution is -2.46. The Balaban J connectivity index is 1.42. The van der Waals surface area contributed by atoms with Crippen molar-refractivity contribution < 1.29 is 18.4 Å². The average molecular weight is 440 g/mol. The van der Waals surface area contributed by atoms with E-state index >= 15 is 0 Å². The molecule has 0 N–H and O–H groups in total. The number of hydrogen-bond acceptors (Lipinski definition) is 6. The van der Waals surface area contributed by atoms with Crippen molar-refractivity contribution in [2.24, 2.45) is 4.99 Å². The quantitative estimate of drug-likeness (QED) is 0.504. The Bertz CT molecular complexity index is 1090. The highest BCUT2D eigenvalue weighted by Crippen LogP contribution is 2.29. The summed E-state index contributed by atoms with van der Waals surface area (Å²) in [7, 11) is 0. The smallest absolute Gasteiger partial charge is 0.237 e. The van der Waals surface area contributed by atoms with Gasteiger partial charge in [-0.05, 0) is 30.2 Å². The van der Waals surface area contributed by atoms with Crippen molar-refractivity contribution in [3.63, 3.8) is 0 Å². The van der Waals surface area contributed by atoms with E-state index in [4.69, 9.17) is 0 Å². The number of pyridine rings is 1. The molecule has 3 heterocycles. The summed E-state index contributed by atoms with van der Waals surface area (Å²) >= 11 is 0. The number of carbonyl (C=O) groups excluding carboxylic acids is 2. The predicted octanol–water partition coefficient (Wildman–Crippen LogP) is 3.88. The molecule has 6 nitrogen and oxygen atoms in total. The molecule has 2 aliphatic heterocycles. The molecular formula is C24H26F2N4O2. The van der Waals surface area contributed by atoms with Crippen LogP contribution in [0.5, 0.6) is 0 Å². The van der Waals surface area contributed by atoms with Crippen LogP contribution in [0.3, 0.4) is 0 Å². The lowest BCUT2D eigenvalue weighted by atomic mass is 9.96. The maximum atomic E-state index is 14.7. The Labute approximate surface area is 186 Å². The first-order valence-corrected chi connectivity index (χ1v) is 11.0. The van der Waals surface area contributed by atoms with Gasteiger partial charge in [0.05, 0.1) is 17.1 Å². The number of halogens is 2. The zero-order chi connectivity index (χ0) is 22.8. The number of anilines is 1. The summed E-state index contributed by atoms with van der Waals surface area (Å²) < 4.78 is 29.2. The minimum absolute atomic E-state index is 0.00605. The number of ketones is 2. The standard InChI is InChI=1S/C24H26F2N4O2/c1-3-18-23(32)12-15-11-16(17(25)13-20(15)27-18)14-29-7-9-30(10-8-29)21-6-5-19(22(31)4-2)28-24(21)26/h5-6,11,13H,3-4,7-10,12,14H2,1-2H3. The van der Waals surface area contributed by atoms with Crippen LogP contribution in [0, 0.1) is 11.8 Å². The van der Waals surface area contributed by atoms with Crippen LogP contribution in [-0.4, -0.2) is 53.3 Å². The van der Waals surface area contributed by atoms with E-state index in [0.717, 1.165) is 5.56 Å². The summed E-state index contributed by atoms with van der Waals surface area (Å²) in [5.74, 6) is -1.17. The van der Waals surface area contributed by atoms with Crippen molar-refractivity contribution in [2.45, 2.75) is 39.7 Å². The number of benzene rings is 1. The molecule has 0 aliphatic carbocycles. The van der Waals surface area contributed by atoms with E-state index < -0.39 is 5.95 Å². The van der Waals surface area contributed by atoms with Gasteiger partial charge in [0.1, 0.15) is 11.5 Å². The number of rotatable bonds is 6. The fourth-order valence-corrected chi connectivity index (χ4v) is 4.17. The molecule has 1 saturated heterocycles. The van der Waals surface area contributed by atoms with Gasteiger partial charge in [-0.15, -0.1) is 0 Å². The number of aliphatic imine (C=N–C) groups is 1. The van der Waals surface area contributed by atoms with E-state index in [1.54, 1.807) is 25.1 Å². The number of carbonyl (C=O) groups is 2. The van der Waals surface area contributed by atoms with Gasteiger partial charge >= 0.3 is 0 Å². The SMILES string of the molecule is CCC(=O)c1ccc(N2CCN(Cc3cc4c(cc3F)N=C(CC)C(=O)C4)CC2)c(F)n1. The molecule has 0 saturated carbocycles. The average Bonchev–Trinajstić information content (AvgIpc) is 2.79. The van der Waals surface area contributed by atoms with Gasteiger partial charge in [0.25, 0.3) is 0 Å². The van der Waals surface area contributed by atoms with E-state index in [2.05, 4.69) is 14.9 Å². The number of aromatic nitrogens is 1. The number of hydrogen-bond donors (Lipinski definition) is 0. The van der Waals surface area contributed by atoms with Gasteiger partial charge in [-0.1, -0.05) is 13.8 Å². The second-order valence-electron chi connectivity index (χ2n) is 8.13. The van der Waals surface area contributed by atoms with E-state index in [9.17, 15) is 18.4 Å². The van der Waals surface area contributed by atoms with Crippen molar-refractivity contribution in [3.8, 4) is 0 Å². The summed E-state index contributed by atoms with van der Waals surface area (Å²) in [5.41, 5.74) is 2.85. The van der Waals surface area contributed by atoms with Gasteiger partial charge in [0.15, 0.2) is 11.6 Å². The summed E-state index contributed by atoms with van der Waals surface area (Å²) in [6, 6.07) is 6.33. The van der Waals surface area contributed by atoms with Crippen LogP contribution in [0.15, 0.2) is 29.3 Å². The Kier molecular flexibility index (Phi) is 6.41. The summed E-state index contributed by atoms with van der Waals surface area (Å²) in [6.45, 7) is 6.38. The molecule has 32 heavy (non-hydrogen) atoms. The fourth-order valence-electron chi connectivity index (χ4n) is 4.17. The van der Waals surface area contributed by atoms with Gasteiger partial charge in [-0.3, -0.25) is 14.5 Å². The predicted molar refractivity (Wildman–Crippen MR) is 119 cm³/mol. The monoisotopic (exact) mass is 440 g/mol. The minimum atomic E-state index is -0.643. The zero-order valence-corrected chi connectivity index (χ0v) is 18.3.